The van der Waals surface area contributed by atoms with Gasteiger partial charge in [0.15, 0.2) is 0 Å². The molecule has 1 unspecified atom stereocenters. The number of benzene rings is 1. The van der Waals surface area contributed by atoms with Gasteiger partial charge in [0, 0.05) is 66.8 Å². The summed E-state index contributed by atoms with van der Waals surface area (Å²) in [7, 11) is 0. The fourth-order valence-corrected chi connectivity index (χ4v) is 5.98. The molecule has 2 N–H and O–H groups in total. The molecule has 0 spiro atoms. The number of nitrogens with zero attached hydrogens (tertiary/aromatic N) is 4. The average Bonchev–Trinajstić information content (AvgIpc) is 3.92. The fourth-order valence-electron chi connectivity index (χ4n) is 5.79. The highest BCUT2D eigenvalue weighted by Gasteiger charge is 2.44. The van der Waals surface area contributed by atoms with Gasteiger partial charge in [0.2, 0.25) is 5.91 Å². The number of hydrogen-bond donors (Lipinski definition) is 2. The zero-order valence-electron chi connectivity index (χ0n) is 23.1. The van der Waals surface area contributed by atoms with Gasteiger partial charge in [-0.05, 0) is 66.5 Å². The molecule has 4 aromatic rings. The van der Waals surface area contributed by atoms with Gasteiger partial charge < -0.3 is 19.8 Å². The molecule has 0 radical (unpaired) electrons. The summed E-state index contributed by atoms with van der Waals surface area (Å²) in [5, 5.41) is 7.34. The highest BCUT2D eigenvalue weighted by atomic mass is 35.5. The van der Waals surface area contributed by atoms with E-state index in [0.29, 0.717) is 23.3 Å². The molecule has 212 valence electrons. The van der Waals surface area contributed by atoms with Gasteiger partial charge in [0.25, 0.3) is 0 Å². The van der Waals surface area contributed by atoms with Gasteiger partial charge >= 0.3 is 0 Å². The van der Waals surface area contributed by atoms with E-state index >= 15 is 0 Å². The second kappa shape index (κ2) is 11.4. The zero-order chi connectivity index (χ0) is 27.8. The lowest BCUT2D eigenvalue weighted by molar-refractivity contribution is -0.117. The lowest BCUT2D eigenvalue weighted by atomic mass is 10.1. The first kappa shape index (κ1) is 26.4. The molecule has 9 heteroatoms. The molecule has 8 nitrogen and oxygen atoms in total. The molecular formula is C32H35ClN6O2. The van der Waals surface area contributed by atoms with Crippen molar-refractivity contribution in [2.24, 2.45) is 5.92 Å². The number of imidazole rings is 1. The Hall–Kier alpha value is -3.46. The second-order valence-electron chi connectivity index (χ2n) is 11.5. The standard InChI is InChI=1S/C32H35ClN6O2/c33-24-3-1-2-22(14-24)28-17-29(28)32(40)37-30-16-26(15-25(35-30)8-9-38-10-12-41-13-11-38)34-18-27-20-39-19-23(21-4-5-21)6-7-31(39)36-27/h1-3,6-7,14-16,19-21,28-29H,4-5,8-13,17-18H2,(H2,34,35,37,40)/t28?,29-/m0/s1. The zero-order valence-corrected chi connectivity index (χ0v) is 23.8. The third-order valence-electron chi connectivity index (χ3n) is 8.37. The molecule has 2 saturated carbocycles. The molecule has 2 aliphatic carbocycles. The maximum atomic E-state index is 13.2. The number of morpholine rings is 1. The van der Waals surface area contributed by atoms with Crippen molar-refractivity contribution in [1.82, 2.24) is 19.3 Å². The van der Waals surface area contributed by atoms with Gasteiger partial charge in [0.05, 0.1) is 25.5 Å². The number of halogens is 1. The van der Waals surface area contributed by atoms with Gasteiger partial charge in [-0.2, -0.15) is 0 Å². The van der Waals surface area contributed by atoms with Gasteiger partial charge in [-0.1, -0.05) is 29.8 Å². The summed E-state index contributed by atoms with van der Waals surface area (Å²) in [5.41, 5.74) is 6.30. The van der Waals surface area contributed by atoms with E-state index in [2.05, 4.69) is 50.5 Å². The smallest absolute Gasteiger partial charge is 0.229 e. The van der Waals surface area contributed by atoms with E-state index in [0.717, 1.165) is 74.0 Å². The molecule has 41 heavy (non-hydrogen) atoms. The predicted octanol–water partition coefficient (Wildman–Crippen LogP) is 5.49. The van der Waals surface area contributed by atoms with Crippen molar-refractivity contribution >= 4 is 34.7 Å². The normalized spacial score (nSPS) is 20.7. The van der Waals surface area contributed by atoms with Gasteiger partial charge in [0.1, 0.15) is 11.5 Å². The fraction of sp³-hybridized carbons (Fsp3) is 0.406. The van der Waals surface area contributed by atoms with Gasteiger partial charge in [-0.25, -0.2) is 9.97 Å². The van der Waals surface area contributed by atoms with Crippen LogP contribution in [0.25, 0.3) is 5.65 Å². The van der Waals surface area contributed by atoms with Crippen LogP contribution in [-0.2, 0) is 22.5 Å². The molecule has 1 aromatic carbocycles. The first-order valence-electron chi connectivity index (χ1n) is 14.7. The molecule has 3 aliphatic rings. The molecule has 3 aromatic heterocycles. The third-order valence-corrected chi connectivity index (χ3v) is 8.60. The molecule has 3 fully saturated rings. The van der Waals surface area contributed by atoms with E-state index in [9.17, 15) is 4.79 Å². The molecule has 1 saturated heterocycles. The van der Waals surface area contributed by atoms with Crippen LogP contribution in [0.4, 0.5) is 11.5 Å². The number of hydrogen-bond acceptors (Lipinski definition) is 6. The minimum Gasteiger partial charge on any atom is -0.379 e. The highest BCUT2D eigenvalue weighted by Crippen LogP contribution is 2.48. The summed E-state index contributed by atoms with van der Waals surface area (Å²) in [5.74, 6) is 1.43. The molecule has 2 atom stereocenters. The highest BCUT2D eigenvalue weighted by molar-refractivity contribution is 6.30. The van der Waals surface area contributed by atoms with Crippen molar-refractivity contribution in [3.05, 3.63) is 88.5 Å². The minimum absolute atomic E-state index is 0.00516. The molecule has 7 rings (SSSR count). The number of pyridine rings is 2. The molecule has 4 heterocycles. The van der Waals surface area contributed by atoms with Crippen LogP contribution in [0.3, 0.4) is 0 Å². The van der Waals surface area contributed by atoms with Crippen LogP contribution >= 0.6 is 11.6 Å². The number of amides is 1. The Morgan fingerprint density at radius 3 is 2.71 bits per heavy atom. The van der Waals surface area contributed by atoms with E-state index in [1.807, 2.05) is 30.3 Å². The Morgan fingerprint density at radius 2 is 1.88 bits per heavy atom. The Kier molecular flexibility index (Phi) is 7.37. The summed E-state index contributed by atoms with van der Waals surface area (Å²) >= 11 is 6.18. The number of nitrogens with one attached hydrogen (secondary N) is 2. The summed E-state index contributed by atoms with van der Waals surface area (Å²) in [6.45, 7) is 4.90. The number of aromatic nitrogens is 3. The van der Waals surface area contributed by atoms with E-state index in [-0.39, 0.29) is 17.7 Å². The van der Waals surface area contributed by atoms with E-state index in [1.54, 1.807) is 0 Å². The van der Waals surface area contributed by atoms with Crippen LogP contribution in [0.2, 0.25) is 5.02 Å². The van der Waals surface area contributed by atoms with Gasteiger partial charge in [-0.15, -0.1) is 0 Å². The molecular weight excluding hydrogens is 536 g/mol. The lowest BCUT2D eigenvalue weighted by Crippen LogP contribution is -2.37. The lowest BCUT2D eigenvalue weighted by Gasteiger charge is -2.26. The molecule has 1 amide bonds. The molecule has 1 aliphatic heterocycles. The number of carbonyl (C=O) groups excluding carboxylic acids is 1. The van der Waals surface area contributed by atoms with Crippen molar-refractivity contribution in [2.45, 2.75) is 44.1 Å². The summed E-state index contributed by atoms with van der Waals surface area (Å²) in [4.78, 5) is 25.2. The van der Waals surface area contributed by atoms with Crippen LogP contribution < -0.4 is 10.6 Å². The summed E-state index contributed by atoms with van der Waals surface area (Å²) in [6, 6.07) is 16.1. The predicted molar refractivity (Wildman–Crippen MR) is 161 cm³/mol. The topological polar surface area (TPSA) is 83.8 Å². The van der Waals surface area contributed by atoms with Crippen molar-refractivity contribution in [3.63, 3.8) is 0 Å². The number of rotatable bonds is 10. The van der Waals surface area contributed by atoms with Crippen LogP contribution in [0.1, 0.15) is 53.6 Å². The van der Waals surface area contributed by atoms with E-state index in [1.165, 1.54) is 18.4 Å². The van der Waals surface area contributed by atoms with Crippen LogP contribution in [0.15, 0.2) is 60.9 Å². The number of anilines is 2. The van der Waals surface area contributed by atoms with Crippen LogP contribution in [-0.4, -0.2) is 58.0 Å². The number of fused-ring (bicyclic) bond motifs is 1. The van der Waals surface area contributed by atoms with E-state index in [4.69, 9.17) is 26.3 Å². The Labute approximate surface area is 245 Å². The van der Waals surface area contributed by atoms with Crippen LogP contribution in [0, 0.1) is 5.92 Å². The quantitative estimate of drug-likeness (QED) is 0.262. The Balaban J connectivity index is 1.05. The third kappa shape index (κ3) is 6.40. The maximum Gasteiger partial charge on any atom is 0.229 e. The maximum absolute atomic E-state index is 13.2. The number of carbonyl (C=O) groups is 1. The minimum atomic E-state index is -0.0674. The number of ether oxygens (including phenoxy) is 1. The van der Waals surface area contributed by atoms with Crippen molar-refractivity contribution < 1.29 is 9.53 Å². The summed E-state index contributed by atoms with van der Waals surface area (Å²) in [6.07, 6.45) is 8.49. The summed E-state index contributed by atoms with van der Waals surface area (Å²) < 4.78 is 7.62. The van der Waals surface area contributed by atoms with E-state index < -0.39 is 0 Å². The second-order valence-corrected chi connectivity index (χ2v) is 12.0. The van der Waals surface area contributed by atoms with Crippen LogP contribution in [0.5, 0.6) is 0 Å². The largest absolute Gasteiger partial charge is 0.379 e. The van der Waals surface area contributed by atoms with Crippen molar-refractivity contribution in [2.75, 3.05) is 43.5 Å². The monoisotopic (exact) mass is 570 g/mol. The average molecular weight is 571 g/mol. The Morgan fingerprint density at radius 1 is 1.00 bits per heavy atom. The molecule has 0 bridgehead atoms. The first-order valence-corrected chi connectivity index (χ1v) is 15.0. The van der Waals surface area contributed by atoms with Gasteiger partial charge in [-0.3, -0.25) is 9.69 Å². The SMILES string of the molecule is O=C(Nc1cc(NCc2cn3cc(C4CC4)ccc3n2)cc(CCN2CCOCC2)n1)[C@H]1CC1c1cccc(Cl)c1. The van der Waals surface area contributed by atoms with Crippen molar-refractivity contribution in [3.8, 4) is 0 Å². The Bertz CT molecular complexity index is 1560. The van der Waals surface area contributed by atoms with Crippen molar-refractivity contribution in [1.29, 1.82) is 0 Å². The first-order chi connectivity index (χ1) is 20.1.